The molecule has 32 heavy (non-hydrogen) atoms. The molecule has 1 unspecified atom stereocenters. The standard InChI is InChI=1S/C27H25N3O2/c31-27(30(19-24-9-5-15-32-24)18-23-8-1-2-14-29-23)21-11-12-26-20(16-21)6-3-10-25(26)22-7-4-13-28-17-22/h1-4,6-8,10-14,16-17,24H,5,9,15,18-19H2. The maximum atomic E-state index is 13.6. The van der Waals surface area contributed by atoms with E-state index in [9.17, 15) is 4.79 Å². The van der Waals surface area contributed by atoms with Gasteiger partial charge in [-0.25, -0.2) is 0 Å². The Morgan fingerprint density at radius 2 is 2.00 bits per heavy atom. The first-order chi connectivity index (χ1) is 15.8. The predicted octanol–water partition coefficient (Wildman–Crippen LogP) is 5.12. The summed E-state index contributed by atoms with van der Waals surface area (Å²) in [6.45, 7) is 1.81. The van der Waals surface area contributed by atoms with E-state index < -0.39 is 0 Å². The van der Waals surface area contributed by atoms with Crippen molar-refractivity contribution in [2.24, 2.45) is 0 Å². The maximum absolute atomic E-state index is 13.6. The van der Waals surface area contributed by atoms with Crippen molar-refractivity contribution in [1.82, 2.24) is 14.9 Å². The molecule has 1 saturated heterocycles. The highest BCUT2D eigenvalue weighted by Gasteiger charge is 2.24. The molecule has 4 aromatic rings. The van der Waals surface area contributed by atoms with Crippen molar-refractivity contribution < 1.29 is 9.53 Å². The fourth-order valence-corrected chi connectivity index (χ4v) is 4.31. The summed E-state index contributed by atoms with van der Waals surface area (Å²) in [6.07, 6.45) is 7.52. The first-order valence-corrected chi connectivity index (χ1v) is 11.0. The van der Waals surface area contributed by atoms with Gasteiger partial charge in [0.15, 0.2) is 0 Å². The summed E-state index contributed by atoms with van der Waals surface area (Å²) in [7, 11) is 0. The molecule has 2 aromatic carbocycles. The molecule has 0 aliphatic carbocycles. The molecule has 1 amide bonds. The molecular formula is C27H25N3O2. The van der Waals surface area contributed by atoms with Crippen LogP contribution < -0.4 is 0 Å². The van der Waals surface area contributed by atoms with Gasteiger partial charge in [0.1, 0.15) is 0 Å². The highest BCUT2D eigenvalue weighted by atomic mass is 16.5. The first-order valence-electron chi connectivity index (χ1n) is 11.0. The zero-order chi connectivity index (χ0) is 21.8. The minimum atomic E-state index is -0.000154. The Bertz CT molecular complexity index is 1210. The van der Waals surface area contributed by atoms with Crippen LogP contribution in [0.2, 0.25) is 0 Å². The molecule has 5 nitrogen and oxygen atoms in total. The van der Waals surface area contributed by atoms with Crippen LogP contribution in [-0.4, -0.2) is 40.0 Å². The monoisotopic (exact) mass is 423 g/mol. The van der Waals surface area contributed by atoms with Gasteiger partial charge in [-0.15, -0.1) is 0 Å². The van der Waals surface area contributed by atoms with Crippen LogP contribution >= 0.6 is 0 Å². The molecule has 160 valence electrons. The van der Waals surface area contributed by atoms with Gasteiger partial charge in [-0.2, -0.15) is 0 Å². The van der Waals surface area contributed by atoms with E-state index in [2.05, 4.69) is 28.2 Å². The number of rotatable bonds is 6. The Morgan fingerprint density at radius 1 is 1.03 bits per heavy atom. The van der Waals surface area contributed by atoms with Crippen LogP contribution in [0.1, 0.15) is 28.9 Å². The quantitative estimate of drug-likeness (QED) is 0.432. The smallest absolute Gasteiger partial charge is 0.254 e. The van der Waals surface area contributed by atoms with E-state index in [4.69, 9.17) is 4.74 Å². The number of carbonyl (C=O) groups is 1. The van der Waals surface area contributed by atoms with Crippen LogP contribution in [0.3, 0.4) is 0 Å². The predicted molar refractivity (Wildman–Crippen MR) is 125 cm³/mol. The normalized spacial score (nSPS) is 15.7. The highest BCUT2D eigenvalue weighted by Crippen LogP contribution is 2.29. The van der Waals surface area contributed by atoms with Crippen molar-refractivity contribution in [1.29, 1.82) is 0 Å². The van der Waals surface area contributed by atoms with E-state index >= 15 is 0 Å². The van der Waals surface area contributed by atoms with Crippen molar-refractivity contribution >= 4 is 16.7 Å². The van der Waals surface area contributed by atoms with E-state index in [1.807, 2.05) is 59.6 Å². The maximum Gasteiger partial charge on any atom is 0.254 e. The summed E-state index contributed by atoms with van der Waals surface area (Å²) in [5.74, 6) is -0.000154. The molecule has 3 heterocycles. The third-order valence-corrected chi connectivity index (χ3v) is 5.91. The lowest BCUT2D eigenvalue weighted by Gasteiger charge is -2.25. The second-order valence-electron chi connectivity index (χ2n) is 8.12. The number of nitrogens with zero attached hydrogens (tertiary/aromatic N) is 3. The van der Waals surface area contributed by atoms with Crippen molar-refractivity contribution in [2.75, 3.05) is 13.2 Å². The number of ether oxygens (including phenoxy) is 1. The van der Waals surface area contributed by atoms with Gasteiger partial charge in [-0.3, -0.25) is 14.8 Å². The minimum Gasteiger partial charge on any atom is -0.376 e. The molecule has 5 heteroatoms. The molecule has 5 rings (SSSR count). The Labute approximate surface area is 187 Å². The Hall–Kier alpha value is -3.57. The molecule has 1 atom stereocenters. The number of pyridine rings is 2. The fraction of sp³-hybridized carbons (Fsp3) is 0.222. The molecule has 0 bridgehead atoms. The number of aromatic nitrogens is 2. The van der Waals surface area contributed by atoms with E-state index in [-0.39, 0.29) is 12.0 Å². The lowest BCUT2D eigenvalue weighted by Crippen LogP contribution is -2.37. The number of carbonyl (C=O) groups excluding carboxylic acids is 1. The van der Waals surface area contributed by atoms with Crippen LogP contribution in [0, 0.1) is 0 Å². The zero-order valence-electron chi connectivity index (χ0n) is 17.9. The summed E-state index contributed by atoms with van der Waals surface area (Å²) >= 11 is 0. The second-order valence-corrected chi connectivity index (χ2v) is 8.12. The molecule has 0 spiro atoms. The number of amides is 1. The summed E-state index contributed by atoms with van der Waals surface area (Å²) in [5, 5.41) is 2.14. The summed E-state index contributed by atoms with van der Waals surface area (Å²) in [6, 6.07) is 21.9. The van der Waals surface area contributed by atoms with Gasteiger partial charge in [-0.05, 0) is 59.5 Å². The number of hydrogen-bond acceptors (Lipinski definition) is 4. The third-order valence-electron chi connectivity index (χ3n) is 5.91. The van der Waals surface area contributed by atoms with E-state index in [1.165, 1.54) is 0 Å². The van der Waals surface area contributed by atoms with Crippen molar-refractivity contribution in [3.63, 3.8) is 0 Å². The molecule has 0 radical (unpaired) electrons. The molecule has 1 aliphatic heterocycles. The van der Waals surface area contributed by atoms with Crippen LogP contribution in [0.4, 0.5) is 0 Å². The van der Waals surface area contributed by atoms with Gasteiger partial charge in [0, 0.05) is 42.9 Å². The topological polar surface area (TPSA) is 55.3 Å². The summed E-state index contributed by atoms with van der Waals surface area (Å²) in [4.78, 5) is 24.1. The van der Waals surface area contributed by atoms with Gasteiger partial charge >= 0.3 is 0 Å². The van der Waals surface area contributed by atoms with Crippen LogP contribution in [0.15, 0.2) is 85.3 Å². The van der Waals surface area contributed by atoms with E-state index in [0.29, 0.717) is 18.7 Å². The van der Waals surface area contributed by atoms with Gasteiger partial charge in [0.05, 0.1) is 18.3 Å². The van der Waals surface area contributed by atoms with Gasteiger partial charge < -0.3 is 9.64 Å². The Morgan fingerprint density at radius 3 is 2.78 bits per heavy atom. The Balaban J connectivity index is 1.46. The molecule has 0 saturated carbocycles. The fourth-order valence-electron chi connectivity index (χ4n) is 4.31. The molecule has 2 aromatic heterocycles. The summed E-state index contributed by atoms with van der Waals surface area (Å²) < 4.78 is 5.82. The van der Waals surface area contributed by atoms with Crippen LogP contribution in [0.5, 0.6) is 0 Å². The lowest BCUT2D eigenvalue weighted by atomic mass is 9.97. The van der Waals surface area contributed by atoms with Crippen LogP contribution in [-0.2, 0) is 11.3 Å². The van der Waals surface area contributed by atoms with E-state index in [1.54, 1.807) is 12.4 Å². The average molecular weight is 424 g/mol. The second kappa shape index (κ2) is 9.28. The van der Waals surface area contributed by atoms with Crippen molar-refractivity contribution in [3.05, 3.63) is 96.6 Å². The largest absolute Gasteiger partial charge is 0.376 e. The molecule has 1 fully saturated rings. The zero-order valence-corrected chi connectivity index (χ0v) is 17.9. The Kier molecular flexibility index (Phi) is 5.90. The minimum absolute atomic E-state index is 0.000154. The third kappa shape index (κ3) is 4.39. The van der Waals surface area contributed by atoms with Crippen LogP contribution in [0.25, 0.3) is 21.9 Å². The lowest BCUT2D eigenvalue weighted by molar-refractivity contribution is 0.0504. The first kappa shape index (κ1) is 20.3. The molecule has 1 aliphatic rings. The average Bonchev–Trinajstić information content (AvgIpc) is 3.37. The SMILES string of the molecule is O=C(c1ccc2c(-c3cccnc3)cccc2c1)N(Cc1ccccn1)CC1CCCO1. The van der Waals surface area contributed by atoms with Gasteiger partial charge in [0.25, 0.3) is 5.91 Å². The van der Waals surface area contributed by atoms with Gasteiger partial charge in [-0.1, -0.05) is 36.4 Å². The van der Waals surface area contributed by atoms with Gasteiger partial charge in [0.2, 0.25) is 0 Å². The van der Waals surface area contributed by atoms with Crippen molar-refractivity contribution in [3.8, 4) is 11.1 Å². The highest BCUT2D eigenvalue weighted by molar-refractivity contribution is 6.02. The molecule has 0 N–H and O–H groups in total. The number of hydrogen-bond donors (Lipinski definition) is 0. The van der Waals surface area contributed by atoms with E-state index in [0.717, 1.165) is 47.0 Å². The number of fused-ring (bicyclic) bond motifs is 1. The van der Waals surface area contributed by atoms with Crippen molar-refractivity contribution in [2.45, 2.75) is 25.5 Å². The summed E-state index contributed by atoms with van der Waals surface area (Å²) in [5.41, 5.74) is 3.72. The molecular weight excluding hydrogens is 398 g/mol. The number of benzene rings is 2.